The molecule has 1 aliphatic heterocycles. The van der Waals surface area contributed by atoms with Crippen LogP contribution in [0.4, 0.5) is 0 Å². The lowest BCUT2D eigenvalue weighted by Crippen LogP contribution is -2.60. The number of hydrogen-bond donors (Lipinski definition) is 7. The molecule has 0 radical (unpaired) electrons. The summed E-state index contributed by atoms with van der Waals surface area (Å²) in [5.74, 6) is -1.19. The molecule has 11 heteroatoms. The summed E-state index contributed by atoms with van der Waals surface area (Å²) in [5.41, 5.74) is -0.496. The van der Waals surface area contributed by atoms with Crippen LogP contribution in [0.15, 0.2) is 18.2 Å². The molecule has 4 rings (SSSR count). The number of benzene rings is 1. The first-order valence-corrected chi connectivity index (χ1v) is 12.2. The minimum atomic E-state index is -1.72. The van der Waals surface area contributed by atoms with Gasteiger partial charge in [0, 0.05) is 34.9 Å². The Morgan fingerprint density at radius 2 is 1.84 bits per heavy atom. The predicted octanol–water partition coefficient (Wildman–Crippen LogP) is -0.769. The van der Waals surface area contributed by atoms with E-state index in [1.165, 1.54) is 6.92 Å². The summed E-state index contributed by atoms with van der Waals surface area (Å²) in [6.07, 6.45) is -7.72. The summed E-state index contributed by atoms with van der Waals surface area (Å²) < 4.78 is 11.3. The topological polar surface area (TPSA) is 209 Å². The summed E-state index contributed by atoms with van der Waals surface area (Å²) in [7, 11) is 0. The zero-order chi connectivity index (χ0) is 26.7. The number of carbonyl (C=O) groups excluding carboxylic acids is 1. The number of rotatable bonds is 5. The van der Waals surface area contributed by atoms with Gasteiger partial charge in [-0.25, -0.2) is 0 Å². The van der Waals surface area contributed by atoms with Crippen molar-refractivity contribution in [2.45, 2.75) is 94.3 Å². The maximum Gasteiger partial charge on any atom is 0.229 e. The fraction of sp³-hybridized carbons (Fsp3) is 0.654. The molecular weight excluding hydrogens is 488 g/mol. The average Bonchev–Trinajstić information content (AvgIpc) is 2.80. The molecule has 0 amide bonds. The first-order valence-electron chi connectivity index (χ1n) is 12.2. The Morgan fingerprint density at radius 3 is 2.43 bits per heavy atom. The monoisotopic (exact) mass is 526 g/mol. The van der Waals surface area contributed by atoms with Gasteiger partial charge in [-0.15, -0.1) is 0 Å². The number of ketones is 1. The van der Waals surface area contributed by atoms with E-state index in [9.17, 15) is 40.5 Å². The molecule has 0 unspecified atom stereocenters. The van der Waals surface area contributed by atoms with E-state index in [-0.39, 0.29) is 46.7 Å². The Morgan fingerprint density at radius 1 is 1.19 bits per heavy atom. The maximum absolute atomic E-state index is 13.3. The van der Waals surface area contributed by atoms with Gasteiger partial charge in [0.15, 0.2) is 17.3 Å². The molecular formula is C26H38O11. The highest BCUT2D eigenvalue weighted by atomic mass is 16.7. The van der Waals surface area contributed by atoms with Crippen molar-refractivity contribution in [3.63, 3.8) is 0 Å². The van der Waals surface area contributed by atoms with Crippen LogP contribution in [0.1, 0.15) is 61.5 Å². The summed E-state index contributed by atoms with van der Waals surface area (Å²) in [6.45, 7) is 8.51. The molecule has 0 bridgehead atoms. The first kappa shape index (κ1) is 29.5. The van der Waals surface area contributed by atoms with Gasteiger partial charge in [0.2, 0.25) is 6.29 Å². The standard InChI is InChI=1S/C26H36O10.H2O/c1-11(28)7-13-8-14-16(29)9-15-12(2)26(4,34)6-5-25(15,3)18(14)20(31)23(13)36-24-22(33)21(32)19(30)17(10-27)35-24;/h8,11,15,17,19,21-22,24,27-28,30-34H,2,5-7,9-10H2,1,3-4H3;1H2/t11-,15+,17-,19-,21+,22-,24+,25+,26-;/m1./s1. The van der Waals surface area contributed by atoms with Crippen LogP contribution in [0.5, 0.6) is 11.5 Å². The highest BCUT2D eigenvalue weighted by Gasteiger charge is 2.54. The van der Waals surface area contributed by atoms with Crippen molar-refractivity contribution < 1.29 is 55.5 Å². The van der Waals surface area contributed by atoms with Gasteiger partial charge in [-0.1, -0.05) is 13.5 Å². The SMILES string of the molecule is C=C1[C@@H]2CC(=O)c3cc(C[C@@H](C)O)c(O[C@@H]4O[C@H](CO)[C@@H](O)[C@H](O)[C@H]4O)c(O)c3[C@@]2(C)CC[C@@]1(C)O.O. The third-order valence-corrected chi connectivity index (χ3v) is 8.20. The molecule has 11 nitrogen and oxygen atoms in total. The van der Waals surface area contributed by atoms with Crippen LogP contribution in [-0.2, 0) is 16.6 Å². The number of hydrogen-bond acceptors (Lipinski definition) is 10. The van der Waals surface area contributed by atoms with Crippen LogP contribution in [-0.4, -0.2) is 96.0 Å². The molecule has 37 heavy (non-hydrogen) atoms. The van der Waals surface area contributed by atoms with Crippen LogP contribution in [0.2, 0.25) is 0 Å². The lowest BCUT2D eigenvalue weighted by atomic mass is 9.53. The number of aromatic hydroxyl groups is 1. The maximum atomic E-state index is 13.3. The number of aliphatic hydroxyl groups is 6. The minimum absolute atomic E-state index is 0. The average molecular weight is 527 g/mol. The second-order valence-corrected chi connectivity index (χ2v) is 10.9. The minimum Gasteiger partial charge on any atom is -0.504 e. The molecule has 208 valence electrons. The Kier molecular flexibility index (Phi) is 8.15. The number of ether oxygens (including phenoxy) is 2. The van der Waals surface area contributed by atoms with Gasteiger partial charge in [0.05, 0.1) is 18.3 Å². The molecule has 0 aromatic heterocycles. The second kappa shape index (κ2) is 10.2. The van der Waals surface area contributed by atoms with E-state index >= 15 is 0 Å². The van der Waals surface area contributed by atoms with Crippen molar-refractivity contribution in [1.29, 1.82) is 0 Å². The van der Waals surface area contributed by atoms with Crippen LogP contribution in [0.3, 0.4) is 0 Å². The van der Waals surface area contributed by atoms with Gasteiger partial charge in [-0.05, 0) is 44.2 Å². The van der Waals surface area contributed by atoms with Gasteiger partial charge in [-0.2, -0.15) is 0 Å². The quantitative estimate of drug-likeness (QED) is 0.238. The third-order valence-electron chi connectivity index (χ3n) is 8.20. The van der Waals surface area contributed by atoms with Crippen molar-refractivity contribution >= 4 is 5.78 Å². The summed E-state index contributed by atoms with van der Waals surface area (Å²) in [5, 5.41) is 72.7. The zero-order valence-corrected chi connectivity index (χ0v) is 21.2. The molecule has 0 spiro atoms. The first-order chi connectivity index (χ1) is 16.7. The van der Waals surface area contributed by atoms with Crippen molar-refractivity contribution in [3.8, 4) is 11.5 Å². The molecule has 9 N–H and O–H groups in total. The molecule has 1 heterocycles. The lowest BCUT2D eigenvalue weighted by molar-refractivity contribution is -0.277. The van der Waals surface area contributed by atoms with E-state index in [0.29, 0.717) is 24.0 Å². The molecule has 3 aliphatic rings. The van der Waals surface area contributed by atoms with Crippen molar-refractivity contribution in [2.75, 3.05) is 6.61 Å². The van der Waals surface area contributed by atoms with Gasteiger partial charge < -0.3 is 50.7 Å². The number of Topliss-reactive ketones (excluding diaryl/α,β-unsaturated/α-hetero) is 1. The normalized spacial score (nSPS) is 38.3. The summed E-state index contributed by atoms with van der Waals surface area (Å²) in [4.78, 5) is 13.3. The predicted molar refractivity (Wildman–Crippen MR) is 130 cm³/mol. The van der Waals surface area contributed by atoms with Crippen molar-refractivity contribution in [3.05, 3.63) is 34.9 Å². The molecule has 1 saturated carbocycles. The van der Waals surface area contributed by atoms with E-state index in [0.717, 1.165) is 0 Å². The summed E-state index contributed by atoms with van der Waals surface area (Å²) in [6, 6.07) is 1.56. The van der Waals surface area contributed by atoms with E-state index in [1.807, 2.05) is 6.92 Å². The highest BCUT2D eigenvalue weighted by Crippen LogP contribution is 2.58. The number of fused-ring (bicyclic) bond motifs is 3. The van der Waals surface area contributed by atoms with Gasteiger partial charge in [0.1, 0.15) is 24.4 Å². The molecule has 1 saturated heterocycles. The van der Waals surface area contributed by atoms with Crippen LogP contribution in [0, 0.1) is 5.92 Å². The number of carbonyl (C=O) groups is 1. The van der Waals surface area contributed by atoms with E-state index in [2.05, 4.69) is 6.58 Å². The van der Waals surface area contributed by atoms with Gasteiger partial charge >= 0.3 is 0 Å². The Balaban J connectivity index is 0.00000380. The second-order valence-electron chi connectivity index (χ2n) is 10.9. The Bertz CT molecular complexity index is 1050. The largest absolute Gasteiger partial charge is 0.504 e. The molecule has 2 fully saturated rings. The number of aliphatic hydroxyl groups excluding tert-OH is 5. The van der Waals surface area contributed by atoms with Crippen LogP contribution >= 0.6 is 0 Å². The third kappa shape index (κ3) is 4.79. The Hall–Kier alpha value is -2.09. The molecule has 1 aromatic carbocycles. The fourth-order valence-electron chi connectivity index (χ4n) is 5.93. The van der Waals surface area contributed by atoms with Gasteiger partial charge in [-0.3, -0.25) is 4.79 Å². The highest BCUT2D eigenvalue weighted by molar-refractivity contribution is 6.01. The lowest BCUT2D eigenvalue weighted by Gasteiger charge is -2.51. The molecule has 2 aliphatic carbocycles. The smallest absolute Gasteiger partial charge is 0.229 e. The van der Waals surface area contributed by atoms with Crippen LogP contribution in [0.25, 0.3) is 0 Å². The zero-order valence-electron chi connectivity index (χ0n) is 21.2. The number of phenols is 1. The van der Waals surface area contributed by atoms with Crippen molar-refractivity contribution in [1.82, 2.24) is 0 Å². The van der Waals surface area contributed by atoms with Crippen LogP contribution < -0.4 is 4.74 Å². The summed E-state index contributed by atoms with van der Waals surface area (Å²) >= 11 is 0. The van der Waals surface area contributed by atoms with E-state index < -0.39 is 60.4 Å². The molecule has 1 aromatic rings. The molecule has 9 atom stereocenters. The van der Waals surface area contributed by atoms with Crippen molar-refractivity contribution in [2.24, 2.45) is 5.92 Å². The van der Waals surface area contributed by atoms with Gasteiger partial charge in [0.25, 0.3) is 0 Å². The van der Waals surface area contributed by atoms with E-state index in [4.69, 9.17) is 9.47 Å². The fourth-order valence-corrected chi connectivity index (χ4v) is 5.93. The number of phenolic OH excluding ortho intramolecular Hbond substituents is 1. The Labute approximate surface area is 214 Å². The van der Waals surface area contributed by atoms with E-state index in [1.54, 1.807) is 13.0 Å².